The van der Waals surface area contributed by atoms with Gasteiger partial charge in [-0.2, -0.15) is 0 Å². The molecule has 1 N–H and O–H groups in total. The van der Waals surface area contributed by atoms with Gasteiger partial charge in [0.25, 0.3) is 0 Å². The zero-order chi connectivity index (χ0) is 9.68. The van der Waals surface area contributed by atoms with Crippen molar-refractivity contribution in [1.29, 1.82) is 0 Å². The van der Waals surface area contributed by atoms with Crippen molar-refractivity contribution in [3.63, 3.8) is 0 Å². The van der Waals surface area contributed by atoms with Crippen LogP contribution < -0.4 is 5.32 Å². The molecule has 1 fully saturated rings. The highest BCUT2D eigenvalue weighted by molar-refractivity contribution is 5.99. The Morgan fingerprint density at radius 2 is 2.46 bits per heavy atom. The largest absolute Gasteiger partial charge is 0.463 e. The van der Waals surface area contributed by atoms with Crippen molar-refractivity contribution in [2.45, 2.75) is 19.8 Å². The van der Waals surface area contributed by atoms with Gasteiger partial charge in [-0.25, -0.2) is 4.79 Å². The standard InChI is InChI=1S/C9H13NO3/c1-2-13-8(11)6-7-4-3-5-10-9(7)12/h6H,2-5H2,1H3,(H,10,12)/b7-6-. The van der Waals surface area contributed by atoms with Crippen molar-refractivity contribution in [3.05, 3.63) is 11.6 Å². The first-order valence-electron chi connectivity index (χ1n) is 4.39. The van der Waals surface area contributed by atoms with Crippen molar-refractivity contribution < 1.29 is 14.3 Å². The zero-order valence-corrected chi connectivity index (χ0v) is 7.63. The number of amides is 1. The molecule has 4 nitrogen and oxygen atoms in total. The molecular formula is C9H13NO3. The van der Waals surface area contributed by atoms with E-state index in [0.717, 1.165) is 6.42 Å². The lowest BCUT2D eigenvalue weighted by atomic mass is 10.1. The first kappa shape index (κ1) is 9.77. The summed E-state index contributed by atoms with van der Waals surface area (Å²) in [5.41, 5.74) is 0.518. The quantitative estimate of drug-likeness (QED) is 0.497. The monoisotopic (exact) mass is 183 g/mol. The second kappa shape index (κ2) is 4.64. The van der Waals surface area contributed by atoms with E-state index in [1.54, 1.807) is 6.92 Å². The van der Waals surface area contributed by atoms with Gasteiger partial charge in [0, 0.05) is 18.2 Å². The number of esters is 1. The SMILES string of the molecule is CCOC(=O)/C=C1/CCCNC1=O. The van der Waals surface area contributed by atoms with E-state index in [9.17, 15) is 9.59 Å². The van der Waals surface area contributed by atoms with Crippen LogP contribution in [0.25, 0.3) is 0 Å². The average molecular weight is 183 g/mol. The topological polar surface area (TPSA) is 55.4 Å². The summed E-state index contributed by atoms with van der Waals surface area (Å²) in [6.45, 7) is 2.76. The first-order valence-corrected chi connectivity index (χ1v) is 4.39. The fraction of sp³-hybridized carbons (Fsp3) is 0.556. The number of rotatable bonds is 2. The summed E-state index contributed by atoms with van der Waals surface area (Å²) in [5, 5.41) is 2.66. The fourth-order valence-corrected chi connectivity index (χ4v) is 1.17. The van der Waals surface area contributed by atoms with Crippen LogP contribution in [0.3, 0.4) is 0 Å². The van der Waals surface area contributed by atoms with Crippen molar-refractivity contribution in [1.82, 2.24) is 5.32 Å². The van der Waals surface area contributed by atoms with Crippen LogP contribution in [0.15, 0.2) is 11.6 Å². The molecule has 0 radical (unpaired) electrons. The number of carbonyl (C=O) groups excluding carboxylic acids is 2. The van der Waals surface area contributed by atoms with Crippen molar-refractivity contribution in [3.8, 4) is 0 Å². The van der Waals surface area contributed by atoms with Crippen molar-refractivity contribution in [2.75, 3.05) is 13.2 Å². The van der Waals surface area contributed by atoms with Crippen LogP contribution in [0.1, 0.15) is 19.8 Å². The molecular weight excluding hydrogens is 170 g/mol. The van der Waals surface area contributed by atoms with Crippen molar-refractivity contribution in [2.24, 2.45) is 0 Å². The lowest BCUT2D eigenvalue weighted by Gasteiger charge is -2.13. The van der Waals surface area contributed by atoms with Gasteiger partial charge >= 0.3 is 5.97 Å². The molecule has 1 aliphatic rings. The maximum atomic E-state index is 11.1. The van der Waals surface area contributed by atoms with Crippen LogP contribution in [0.4, 0.5) is 0 Å². The Kier molecular flexibility index (Phi) is 3.49. The molecule has 0 aliphatic carbocycles. The third kappa shape index (κ3) is 2.89. The molecule has 0 aromatic heterocycles. The number of hydrogen-bond donors (Lipinski definition) is 1. The van der Waals surface area contributed by atoms with Crippen LogP contribution in [0.5, 0.6) is 0 Å². The molecule has 0 aromatic carbocycles. The first-order chi connectivity index (χ1) is 6.24. The molecule has 1 amide bonds. The average Bonchev–Trinajstić information content (AvgIpc) is 2.09. The van der Waals surface area contributed by atoms with E-state index in [4.69, 9.17) is 4.74 Å². The van der Waals surface area contributed by atoms with Crippen molar-refractivity contribution >= 4 is 11.9 Å². The number of hydrogen-bond acceptors (Lipinski definition) is 3. The number of ether oxygens (including phenoxy) is 1. The molecule has 0 bridgehead atoms. The van der Waals surface area contributed by atoms with Gasteiger partial charge in [0.2, 0.25) is 5.91 Å². The smallest absolute Gasteiger partial charge is 0.331 e. The number of carbonyl (C=O) groups is 2. The lowest BCUT2D eigenvalue weighted by molar-refractivity contribution is -0.137. The summed E-state index contributed by atoms with van der Waals surface area (Å²) in [6, 6.07) is 0. The van der Waals surface area contributed by atoms with Gasteiger partial charge in [0.05, 0.1) is 6.61 Å². The van der Waals surface area contributed by atoms with Gasteiger partial charge < -0.3 is 10.1 Å². The highest BCUT2D eigenvalue weighted by atomic mass is 16.5. The molecule has 1 heterocycles. The minimum absolute atomic E-state index is 0.153. The fourth-order valence-electron chi connectivity index (χ4n) is 1.17. The van der Waals surface area contributed by atoms with Crippen LogP contribution in [-0.2, 0) is 14.3 Å². The molecule has 0 unspecified atom stereocenters. The maximum Gasteiger partial charge on any atom is 0.331 e. The van der Waals surface area contributed by atoms with Gasteiger partial charge in [-0.15, -0.1) is 0 Å². The van der Waals surface area contributed by atoms with E-state index in [2.05, 4.69) is 5.32 Å². The molecule has 72 valence electrons. The van der Waals surface area contributed by atoms with E-state index >= 15 is 0 Å². The number of piperidine rings is 1. The summed E-state index contributed by atoms with van der Waals surface area (Å²) >= 11 is 0. The summed E-state index contributed by atoms with van der Waals surface area (Å²) < 4.78 is 4.70. The molecule has 0 spiro atoms. The Hall–Kier alpha value is -1.32. The Bertz CT molecular complexity index is 245. The Balaban J connectivity index is 2.57. The van der Waals surface area contributed by atoms with E-state index in [1.165, 1.54) is 6.08 Å². The van der Waals surface area contributed by atoms with E-state index in [0.29, 0.717) is 25.1 Å². The third-order valence-electron chi connectivity index (χ3n) is 1.78. The van der Waals surface area contributed by atoms with Crippen LogP contribution >= 0.6 is 0 Å². The normalized spacial score (nSPS) is 19.8. The summed E-state index contributed by atoms with van der Waals surface area (Å²) in [4.78, 5) is 22.1. The molecule has 0 aromatic rings. The minimum Gasteiger partial charge on any atom is -0.463 e. The highest BCUT2D eigenvalue weighted by Crippen LogP contribution is 2.09. The second-order valence-corrected chi connectivity index (χ2v) is 2.78. The predicted octanol–water partition coefficient (Wildman–Crippen LogP) is 0.386. The Morgan fingerprint density at radius 1 is 1.69 bits per heavy atom. The van der Waals surface area contributed by atoms with Crippen LogP contribution in [-0.4, -0.2) is 25.0 Å². The van der Waals surface area contributed by atoms with Gasteiger partial charge in [-0.3, -0.25) is 4.79 Å². The third-order valence-corrected chi connectivity index (χ3v) is 1.78. The summed E-state index contributed by atoms with van der Waals surface area (Å²) in [5.74, 6) is -0.589. The zero-order valence-electron chi connectivity index (χ0n) is 7.63. The molecule has 0 saturated carbocycles. The van der Waals surface area contributed by atoms with Gasteiger partial charge in [-0.1, -0.05) is 0 Å². The van der Waals surface area contributed by atoms with Crippen LogP contribution in [0, 0.1) is 0 Å². The molecule has 4 heteroatoms. The van der Waals surface area contributed by atoms with E-state index in [1.807, 2.05) is 0 Å². The van der Waals surface area contributed by atoms with Gasteiger partial charge in [0.15, 0.2) is 0 Å². The summed E-state index contributed by atoms with van der Waals surface area (Å²) in [7, 11) is 0. The Labute approximate surface area is 76.9 Å². The minimum atomic E-state index is -0.436. The molecule has 1 saturated heterocycles. The second-order valence-electron chi connectivity index (χ2n) is 2.78. The highest BCUT2D eigenvalue weighted by Gasteiger charge is 2.15. The van der Waals surface area contributed by atoms with Gasteiger partial charge in [0.1, 0.15) is 0 Å². The Morgan fingerprint density at radius 3 is 3.08 bits per heavy atom. The van der Waals surface area contributed by atoms with Gasteiger partial charge in [-0.05, 0) is 19.8 Å². The maximum absolute atomic E-state index is 11.1. The molecule has 0 atom stereocenters. The van der Waals surface area contributed by atoms with Crippen LogP contribution in [0.2, 0.25) is 0 Å². The summed E-state index contributed by atoms with van der Waals surface area (Å²) in [6.07, 6.45) is 2.82. The number of nitrogens with one attached hydrogen (secondary N) is 1. The molecule has 1 aliphatic heterocycles. The predicted molar refractivity (Wildman–Crippen MR) is 47.0 cm³/mol. The van der Waals surface area contributed by atoms with E-state index in [-0.39, 0.29) is 5.91 Å². The molecule has 1 rings (SSSR count). The molecule has 13 heavy (non-hydrogen) atoms. The van der Waals surface area contributed by atoms with E-state index < -0.39 is 5.97 Å². The lowest BCUT2D eigenvalue weighted by Crippen LogP contribution is -2.31.